The first-order valence-corrected chi connectivity index (χ1v) is 6.78. The molecule has 0 bridgehead atoms. The van der Waals surface area contributed by atoms with Crippen molar-refractivity contribution in [2.24, 2.45) is 5.92 Å². The average Bonchev–Trinajstić information content (AvgIpc) is 2.47. The number of carbonyl (C=O) groups excluding carboxylic acids is 1. The number of carboxylic acid groups (broad SMARTS) is 1. The Morgan fingerprint density at radius 2 is 1.95 bits per heavy atom. The summed E-state index contributed by atoms with van der Waals surface area (Å²) in [6.45, 7) is 0. The summed E-state index contributed by atoms with van der Waals surface area (Å²) in [5.74, 6) is -0.488. The molecule has 2 N–H and O–H groups in total. The van der Waals surface area contributed by atoms with Crippen LogP contribution in [-0.4, -0.2) is 30.1 Å². The molecular formula is C15H19NO4. The lowest BCUT2D eigenvalue weighted by molar-refractivity contribution is -0.142. The standard InChI is InChI=1S/C15H19NO4/c1-20-13-4-2-3-11(9-13)14(17)16-12-7-5-10(6-8-12)15(18)19/h2-4,9-10,12H,5-8H2,1H3,(H,16,17)(H,18,19). The van der Waals surface area contributed by atoms with Crippen LogP contribution in [0.15, 0.2) is 24.3 Å². The largest absolute Gasteiger partial charge is 0.497 e. The quantitative estimate of drug-likeness (QED) is 0.883. The molecule has 0 unspecified atom stereocenters. The SMILES string of the molecule is COc1cccc(C(=O)NC2CCC(C(=O)O)CC2)c1. The molecule has 5 heteroatoms. The maximum Gasteiger partial charge on any atom is 0.306 e. The third-order valence-corrected chi connectivity index (χ3v) is 3.74. The first-order valence-electron chi connectivity index (χ1n) is 6.78. The van der Waals surface area contributed by atoms with E-state index in [1.807, 2.05) is 0 Å². The van der Waals surface area contributed by atoms with Crippen LogP contribution in [0.25, 0.3) is 0 Å². The van der Waals surface area contributed by atoms with Gasteiger partial charge in [-0.1, -0.05) is 6.07 Å². The van der Waals surface area contributed by atoms with Crippen molar-refractivity contribution in [3.63, 3.8) is 0 Å². The number of carboxylic acids is 1. The Labute approximate surface area is 117 Å². The molecule has 2 rings (SSSR count). The number of ether oxygens (including phenoxy) is 1. The Bertz CT molecular complexity index is 492. The molecule has 108 valence electrons. The Morgan fingerprint density at radius 3 is 2.55 bits per heavy atom. The summed E-state index contributed by atoms with van der Waals surface area (Å²) in [4.78, 5) is 23.0. The van der Waals surface area contributed by atoms with E-state index in [2.05, 4.69) is 5.32 Å². The lowest BCUT2D eigenvalue weighted by Crippen LogP contribution is -2.38. The Hall–Kier alpha value is -2.04. The maximum absolute atomic E-state index is 12.1. The highest BCUT2D eigenvalue weighted by Crippen LogP contribution is 2.24. The molecule has 1 saturated carbocycles. The molecule has 1 amide bonds. The van der Waals surface area contributed by atoms with Crippen molar-refractivity contribution in [3.8, 4) is 5.75 Å². The highest BCUT2D eigenvalue weighted by molar-refractivity contribution is 5.94. The van der Waals surface area contributed by atoms with Crippen molar-refractivity contribution < 1.29 is 19.4 Å². The second-order valence-electron chi connectivity index (χ2n) is 5.09. The van der Waals surface area contributed by atoms with Gasteiger partial charge >= 0.3 is 5.97 Å². The van der Waals surface area contributed by atoms with Gasteiger partial charge < -0.3 is 15.2 Å². The van der Waals surface area contributed by atoms with E-state index >= 15 is 0 Å². The molecule has 1 aromatic carbocycles. The number of rotatable bonds is 4. The van der Waals surface area contributed by atoms with Crippen molar-refractivity contribution in [1.82, 2.24) is 5.32 Å². The number of aliphatic carboxylic acids is 1. The summed E-state index contributed by atoms with van der Waals surface area (Å²) in [7, 11) is 1.56. The zero-order chi connectivity index (χ0) is 14.5. The zero-order valence-electron chi connectivity index (χ0n) is 11.5. The minimum Gasteiger partial charge on any atom is -0.497 e. The number of methoxy groups -OCH3 is 1. The van der Waals surface area contributed by atoms with Crippen LogP contribution in [0, 0.1) is 5.92 Å². The number of amides is 1. The number of benzene rings is 1. The molecular weight excluding hydrogens is 258 g/mol. The second kappa shape index (κ2) is 6.41. The molecule has 0 aromatic heterocycles. The third-order valence-electron chi connectivity index (χ3n) is 3.74. The van der Waals surface area contributed by atoms with E-state index < -0.39 is 5.97 Å². The fourth-order valence-corrected chi connectivity index (χ4v) is 2.52. The van der Waals surface area contributed by atoms with Crippen LogP contribution in [0.4, 0.5) is 0 Å². The highest BCUT2D eigenvalue weighted by atomic mass is 16.5. The van der Waals surface area contributed by atoms with Crippen molar-refractivity contribution in [1.29, 1.82) is 0 Å². The van der Waals surface area contributed by atoms with E-state index in [0.717, 1.165) is 0 Å². The van der Waals surface area contributed by atoms with Gasteiger partial charge in [-0.25, -0.2) is 0 Å². The number of nitrogens with one attached hydrogen (secondary N) is 1. The van der Waals surface area contributed by atoms with E-state index in [9.17, 15) is 9.59 Å². The van der Waals surface area contributed by atoms with Crippen molar-refractivity contribution in [2.75, 3.05) is 7.11 Å². The lowest BCUT2D eigenvalue weighted by Gasteiger charge is -2.26. The van der Waals surface area contributed by atoms with Crippen LogP contribution in [-0.2, 0) is 4.79 Å². The fraction of sp³-hybridized carbons (Fsp3) is 0.467. The van der Waals surface area contributed by atoms with E-state index in [1.54, 1.807) is 31.4 Å². The minimum atomic E-state index is -0.734. The Kier molecular flexibility index (Phi) is 4.61. The molecule has 1 aromatic rings. The molecule has 0 radical (unpaired) electrons. The summed E-state index contributed by atoms with van der Waals surface area (Å²) >= 11 is 0. The van der Waals surface area contributed by atoms with Crippen LogP contribution in [0.5, 0.6) is 5.75 Å². The van der Waals surface area contributed by atoms with Gasteiger partial charge in [-0.15, -0.1) is 0 Å². The topological polar surface area (TPSA) is 75.6 Å². The van der Waals surface area contributed by atoms with Gasteiger partial charge in [0.2, 0.25) is 0 Å². The van der Waals surface area contributed by atoms with Crippen LogP contribution in [0.1, 0.15) is 36.0 Å². The summed E-state index contributed by atoms with van der Waals surface area (Å²) < 4.78 is 5.09. The fourth-order valence-electron chi connectivity index (χ4n) is 2.52. The van der Waals surface area contributed by atoms with Crippen LogP contribution < -0.4 is 10.1 Å². The Morgan fingerprint density at radius 1 is 1.25 bits per heavy atom. The highest BCUT2D eigenvalue weighted by Gasteiger charge is 2.26. The van der Waals surface area contributed by atoms with Gasteiger partial charge in [0, 0.05) is 11.6 Å². The van der Waals surface area contributed by atoms with Crippen LogP contribution >= 0.6 is 0 Å². The van der Waals surface area contributed by atoms with E-state index in [4.69, 9.17) is 9.84 Å². The molecule has 0 atom stereocenters. The zero-order valence-corrected chi connectivity index (χ0v) is 11.5. The van der Waals surface area contributed by atoms with Gasteiger partial charge in [0.25, 0.3) is 5.91 Å². The van der Waals surface area contributed by atoms with Crippen LogP contribution in [0.2, 0.25) is 0 Å². The average molecular weight is 277 g/mol. The first-order chi connectivity index (χ1) is 9.60. The summed E-state index contributed by atoms with van der Waals surface area (Å²) in [5.41, 5.74) is 0.560. The molecule has 1 fully saturated rings. The molecule has 0 aliphatic heterocycles. The maximum atomic E-state index is 12.1. The predicted molar refractivity (Wildman–Crippen MR) is 73.8 cm³/mol. The summed E-state index contributed by atoms with van der Waals surface area (Å²) in [5, 5.41) is 11.9. The van der Waals surface area contributed by atoms with Gasteiger partial charge in [-0.3, -0.25) is 9.59 Å². The van der Waals surface area contributed by atoms with Crippen molar-refractivity contribution in [2.45, 2.75) is 31.7 Å². The number of hydrogen-bond donors (Lipinski definition) is 2. The van der Waals surface area contributed by atoms with Gasteiger partial charge in [-0.2, -0.15) is 0 Å². The van der Waals surface area contributed by atoms with Gasteiger partial charge in [-0.05, 0) is 43.9 Å². The normalized spacial score (nSPS) is 22.1. The van der Waals surface area contributed by atoms with Crippen molar-refractivity contribution >= 4 is 11.9 Å². The molecule has 0 saturated heterocycles. The molecule has 5 nitrogen and oxygen atoms in total. The summed E-state index contributed by atoms with van der Waals surface area (Å²) in [6.07, 6.45) is 2.68. The Balaban J connectivity index is 1.90. The molecule has 20 heavy (non-hydrogen) atoms. The second-order valence-corrected chi connectivity index (χ2v) is 5.09. The van der Waals surface area contributed by atoms with E-state index in [0.29, 0.717) is 37.0 Å². The molecule has 0 heterocycles. The van der Waals surface area contributed by atoms with Gasteiger partial charge in [0.15, 0.2) is 0 Å². The molecule has 0 spiro atoms. The number of hydrogen-bond acceptors (Lipinski definition) is 3. The number of carbonyl (C=O) groups is 2. The lowest BCUT2D eigenvalue weighted by atomic mass is 9.86. The van der Waals surface area contributed by atoms with Gasteiger partial charge in [0.05, 0.1) is 13.0 Å². The van der Waals surface area contributed by atoms with E-state index in [-0.39, 0.29) is 17.9 Å². The monoisotopic (exact) mass is 277 g/mol. The van der Waals surface area contributed by atoms with Crippen molar-refractivity contribution in [3.05, 3.63) is 29.8 Å². The first kappa shape index (κ1) is 14.4. The minimum absolute atomic E-state index is 0.0595. The smallest absolute Gasteiger partial charge is 0.306 e. The van der Waals surface area contributed by atoms with Crippen LogP contribution in [0.3, 0.4) is 0 Å². The molecule has 1 aliphatic carbocycles. The summed E-state index contributed by atoms with van der Waals surface area (Å²) in [6, 6.07) is 7.05. The van der Waals surface area contributed by atoms with Gasteiger partial charge in [0.1, 0.15) is 5.75 Å². The predicted octanol–water partition coefficient (Wildman–Crippen LogP) is 2.07. The third kappa shape index (κ3) is 3.50. The van der Waals surface area contributed by atoms with E-state index in [1.165, 1.54) is 0 Å². The molecule has 1 aliphatic rings.